The van der Waals surface area contributed by atoms with Gasteiger partial charge >= 0.3 is 0 Å². The Hall–Kier alpha value is -3.19. The molecule has 1 aromatic heterocycles. The van der Waals surface area contributed by atoms with Crippen molar-refractivity contribution < 1.29 is 13.2 Å². The second-order valence-corrected chi connectivity index (χ2v) is 8.78. The number of aromatic nitrogens is 1. The van der Waals surface area contributed by atoms with E-state index >= 15 is 0 Å². The van der Waals surface area contributed by atoms with Crippen molar-refractivity contribution in [2.75, 3.05) is 11.4 Å². The summed E-state index contributed by atoms with van der Waals surface area (Å²) in [7, 11) is -2.18. The number of hydrogen-bond acceptors (Lipinski definition) is 4. The summed E-state index contributed by atoms with van der Waals surface area (Å²) in [6.07, 6.45) is 3.39. The van der Waals surface area contributed by atoms with Crippen LogP contribution in [0.1, 0.15) is 34.5 Å². The number of nitrogens with one attached hydrogen (secondary N) is 1. The molecule has 3 rings (SSSR count). The van der Waals surface area contributed by atoms with Crippen LogP contribution in [0.4, 0.5) is 5.69 Å². The van der Waals surface area contributed by atoms with Gasteiger partial charge < -0.3 is 5.32 Å². The molecule has 1 heterocycles. The summed E-state index contributed by atoms with van der Waals surface area (Å²) < 4.78 is 26.8. The van der Waals surface area contributed by atoms with Gasteiger partial charge in [-0.15, -0.1) is 0 Å². The number of benzene rings is 2. The van der Waals surface area contributed by atoms with Crippen LogP contribution >= 0.6 is 0 Å². The standard InChI is InChI=1S/C22H23N3O3S/c1-16-6-12-21(13-7-16)29(27,28)25(3)20-10-8-18(9-11-20)22(26)24-17(2)19-5-4-14-23-15-19/h4-15,17H,1-3H3,(H,24,26). The lowest BCUT2D eigenvalue weighted by molar-refractivity contribution is 0.0940. The van der Waals surface area contributed by atoms with E-state index in [0.29, 0.717) is 11.3 Å². The lowest BCUT2D eigenvalue weighted by Crippen LogP contribution is -2.28. The summed E-state index contributed by atoms with van der Waals surface area (Å²) >= 11 is 0. The predicted molar refractivity (Wildman–Crippen MR) is 113 cm³/mol. The lowest BCUT2D eigenvalue weighted by Gasteiger charge is -2.20. The second kappa shape index (κ2) is 8.45. The van der Waals surface area contributed by atoms with Crippen LogP contribution in [0.2, 0.25) is 0 Å². The highest BCUT2D eigenvalue weighted by molar-refractivity contribution is 7.92. The van der Waals surface area contributed by atoms with E-state index in [1.165, 1.54) is 11.4 Å². The Kier molecular flexibility index (Phi) is 5.98. The van der Waals surface area contributed by atoms with Crippen molar-refractivity contribution in [3.8, 4) is 0 Å². The molecule has 7 heteroatoms. The smallest absolute Gasteiger partial charge is 0.264 e. The molecule has 0 fully saturated rings. The van der Waals surface area contributed by atoms with E-state index in [2.05, 4.69) is 10.3 Å². The van der Waals surface area contributed by atoms with Gasteiger partial charge in [0.15, 0.2) is 0 Å². The largest absolute Gasteiger partial charge is 0.345 e. The number of nitrogens with zero attached hydrogens (tertiary/aromatic N) is 2. The van der Waals surface area contributed by atoms with Crippen molar-refractivity contribution in [1.82, 2.24) is 10.3 Å². The van der Waals surface area contributed by atoms with E-state index in [1.54, 1.807) is 60.9 Å². The summed E-state index contributed by atoms with van der Waals surface area (Å²) in [5, 5.41) is 2.91. The van der Waals surface area contributed by atoms with Gasteiger partial charge in [0.2, 0.25) is 0 Å². The van der Waals surface area contributed by atoms with Crippen LogP contribution in [0.15, 0.2) is 78.0 Å². The number of carbonyl (C=O) groups excluding carboxylic acids is 1. The van der Waals surface area contributed by atoms with Gasteiger partial charge in [0.05, 0.1) is 16.6 Å². The third-order valence-corrected chi connectivity index (χ3v) is 6.50. The topological polar surface area (TPSA) is 79.4 Å². The van der Waals surface area contributed by atoms with Crippen molar-refractivity contribution in [2.24, 2.45) is 0 Å². The number of amides is 1. The van der Waals surface area contributed by atoms with Crippen molar-refractivity contribution in [3.63, 3.8) is 0 Å². The number of pyridine rings is 1. The fourth-order valence-electron chi connectivity index (χ4n) is 2.83. The zero-order valence-electron chi connectivity index (χ0n) is 16.5. The molecular weight excluding hydrogens is 386 g/mol. The third kappa shape index (κ3) is 4.63. The summed E-state index contributed by atoms with van der Waals surface area (Å²) in [5.41, 5.74) is 2.82. The summed E-state index contributed by atoms with van der Waals surface area (Å²) in [6.45, 7) is 3.78. The Labute approximate surface area is 171 Å². The zero-order valence-corrected chi connectivity index (χ0v) is 17.3. The van der Waals surface area contributed by atoms with Gasteiger partial charge in [0.25, 0.3) is 15.9 Å². The van der Waals surface area contributed by atoms with Crippen molar-refractivity contribution in [2.45, 2.75) is 24.8 Å². The molecule has 0 aliphatic carbocycles. The molecule has 2 aromatic carbocycles. The van der Waals surface area contributed by atoms with Crippen LogP contribution in [0, 0.1) is 6.92 Å². The molecule has 0 saturated heterocycles. The van der Waals surface area contributed by atoms with Crippen molar-refractivity contribution >= 4 is 21.6 Å². The van der Waals surface area contributed by atoms with Gasteiger partial charge in [0.1, 0.15) is 0 Å². The average Bonchev–Trinajstić information content (AvgIpc) is 2.74. The molecule has 1 atom stereocenters. The minimum atomic E-state index is -3.67. The number of carbonyl (C=O) groups is 1. The summed E-state index contributed by atoms with van der Waals surface area (Å²) in [5.74, 6) is -0.239. The fourth-order valence-corrected chi connectivity index (χ4v) is 4.02. The van der Waals surface area contributed by atoms with Crippen molar-refractivity contribution in [3.05, 3.63) is 89.7 Å². The maximum Gasteiger partial charge on any atom is 0.264 e. The highest BCUT2D eigenvalue weighted by atomic mass is 32.2. The van der Waals surface area contributed by atoms with E-state index in [9.17, 15) is 13.2 Å². The Bertz CT molecular complexity index is 1080. The Morgan fingerprint density at radius 1 is 1.03 bits per heavy atom. The number of aryl methyl sites for hydroxylation is 1. The maximum absolute atomic E-state index is 12.8. The molecule has 0 saturated carbocycles. The number of sulfonamides is 1. The van der Waals surface area contributed by atoms with Gasteiger partial charge in [-0.25, -0.2) is 8.42 Å². The van der Waals surface area contributed by atoms with Crippen LogP contribution < -0.4 is 9.62 Å². The summed E-state index contributed by atoms with van der Waals surface area (Å²) in [4.78, 5) is 16.8. The van der Waals surface area contributed by atoms with Gasteiger partial charge in [-0.2, -0.15) is 0 Å². The SMILES string of the molecule is Cc1ccc(S(=O)(=O)N(C)c2ccc(C(=O)NC(C)c3cccnc3)cc2)cc1. The monoisotopic (exact) mass is 409 g/mol. The first-order valence-electron chi connectivity index (χ1n) is 9.15. The van der Waals surface area contributed by atoms with Crippen LogP contribution in [-0.2, 0) is 10.0 Å². The Morgan fingerprint density at radius 2 is 1.69 bits per heavy atom. The highest BCUT2D eigenvalue weighted by Gasteiger charge is 2.21. The minimum Gasteiger partial charge on any atom is -0.345 e. The molecule has 29 heavy (non-hydrogen) atoms. The molecule has 0 bridgehead atoms. The van der Waals surface area contributed by atoms with Gasteiger partial charge in [-0.3, -0.25) is 14.1 Å². The first-order chi connectivity index (χ1) is 13.8. The molecule has 0 radical (unpaired) electrons. The predicted octanol–water partition coefficient (Wildman–Crippen LogP) is 3.71. The van der Waals surface area contributed by atoms with Crippen LogP contribution in [0.5, 0.6) is 0 Å². The average molecular weight is 410 g/mol. The molecule has 0 spiro atoms. The van der Waals surface area contributed by atoms with E-state index in [1.807, 2.05) is 26.0 Å². The van der Waals surface area contributed by atoms with E-state index in [0.717, 1.165) is 11.1 Å². The first-order valence-corrected chi connectivity index (χ1v) is 10.6. The Balaban J connectivity index is 1.73. The van der Waals surface area contributed by atoms with Crippen LogP contribution in [-0.4, -0.2) is 26.4 Å². The van der Waals surface area contributed by atoms with E-state index in [-0.39, 0.29) is 16.8 Å². The van der Waals surface area contributed by atoms with Crippen molar-refractivity contribution in [1.29, 1.82) is 0 Å². The quantitative estimate of drug-likeness (QED) is 0.673. The second-order valence-electron chi connectivity index (χ2n) is 6.81. The van der Waals surface area contributed by atoms with Crippen LogP contribution in [0.3, 0.4) is 0 Å². The molecule has 1 N–H and O–H groups in total. The first kappa shape index (κ1) is 20.5. The molecule has 150 valence electrons. The molecule has 0 aliphatic rings. The van der Waals surface area contributed by atoms with E-state index < -0.39 is 10.0 Å². The molecular formula is C22H23N3O3S. The summed E-state index contributed by atoms with van der Waals surface area (Å²) in [6, 6.07) is 16.7. The molecule has 1 unspecified atom stereocenters. The normalized spacial score (nSPS) is 12.2. The minimum absolute atomic E-state index is 0.194. The van der Waals surface area contributed by atoms with Gasteiger partial charge in [-0.05, 0) is 61.9 Å². The van der Waals surface area contributed by atoms with Gasteiger partial charge in [-0.1, -0.05) is 23.8 Å². The maximum atomic E-state index is 12.8. The fraction of sp³-hybridized carbons (Fsp3) is 0.182. The third-order valence-electron chi connectivity index (χ3n) is 4.70. The van der Waals surface area contributed by atoms with E-state index in [4.69, 9.17) is 0 Å². The van der Waals surface area contributed by atoms with Crippen LogP contribution in [0.25, 0.3) is 0 Å². The zero-order chi connectivity index (χ0) is 21.0. The number of hydrogen-bond donors (Lipinski definition) is 1. The molecule has 3 aromatic rings. The molecule has 0 aliphatic heterocycles. The lowest BCUT2D eigenvalue weighted by atomic mass is 10.1. The number of rotatable bonds is 6. The Morgan fingerprint density at radius 3 is 2.28 bits per heavy atom. The molecule has 1 amide bonds. The molecule has 6 nitrogen and oxygen atoms in total. The highest BCUT2D eigenvalue weighted by Crippen LogP contribution is 2.23. The van der Waals surface area contributed by atoms with Gasteiger partial charge in [0, 0.05) is 25.0 Å². The number of anilines is 1.